The molecule has 0 bridgehead atoms. The molecule has 1 heterocycles. The van der Waals surface area contributed by atoms with Crippen molar-refractivity contribution in [2.24, 2.45) is 28.6 Å². The van der Waals surface area contributed by atoms with Crippen molar-refractivity contribution in [3.63, 3.8) is 0 Å². The van der Waals surface area contributed by atoms with Crippen molar-refractivity contribution in [1.29, 1.82) is 0 Å². The fourth-order valence-corrected chi connectivity index (χ4v) is 8.18. The standard InChI is InChI=1S/C25H34O7/c1-4-5-21-31-20-10-15-14-9-17(28)16-8-13(27)6-7-23(16,2)22(14)18(29)11-24(15,3)25(20,32-21)19(30)12-26/h6-8,14-15,17-18,20-22,26,28-29H,4-5,9-12H2,1-3H3/t14-,15+,17+,18-,20-,21+,22-,23-,24-,25-/m0/s1. The molecule has 7 nitrogen and oxygen atoms in total. The van der Waals surface area contributed by atoms with Crippen molar-refractivity contribution in [1.82, 2.24) is 0 Å². The zero-order valence-corrected chi connectivity index (χ0v) is 19.0. The first-order valence-electron chi connectivity index (χ1n) is 11.9. The van der Waals surface area contributed by atoms with Crippen LogP contribution in [-0.4, -0.2) is 63.7 Å². The molecule has 0 radical (unpaired) electrons. The summed E-state index contributed by atoms with van der Waals surface area (Å²) in [7, 11) is 0. The van der Waals surface area contributed by atoms with E-state index in [1.165, 1.54) is 12.2 Å². The number of Topliss-reactive ketones (excluding diaryl/α,β-unsaturated/α-hetero) is 1. The number of ketones is 2. The smallest absolute Gasteiger partial charge is 0.193 e. The van der Waals surface area contributed by atoms with Crippen molar-refractivity contribution in [2.45, 2.75) is 83.1 Å². The first kappa shape index (κ1) is 22.4. The summed E-state index contributed by atoms with van der Waals surface area (Å²) in [5, 5.41) is 32.5. The van der Waals surface area contributed by atoms with Gasteiger partial charge < -0.3 is 24.8 Å². The van der Waals surface area contributed by atoms with E-state index in [1.54, 1.807) is 0 Å². The van der Waals surface area contributed by atoms with Crippen LogP contribution < -0.4 is 0 Å². The first-order valence-corrected chi connectivity index (χ1v) is 11.9. The average molecular weight is 447 g/mol. The van der Waals surface area contributed by atoms with Crippen LogP contribution in [0.5, 0.6) is 0 Å². The number of rotatable bonds is 4. The Morgan fingerprint density at radius 1 is 1.25 bits per heavy atom. The molecule has 0 aromatic heterocycles. The molecule has 5 aliphatic rings. The van der Waals surface area contributed by atoms with Gasteiger partial charge in [0.05, 0.1) is 18.3 Å². The third kappa shape index (κ3) is 2.66. The SMILES string of the molecule is CCC[C@@H]1O[C@H]2C[C@@H]3[C@@H]4C[C@@H](O)C5=CC(=O)C=C[C@]5(C)[C@@H]4[C@@H](O)C[C@]3(C)[C@@]2(C(=O)CO)O1. The molecule has 32 heavy (non-hydrogen) atoms. The topological polar surface area (TPSA) is 113 Å². The number of carbonyl (C=O) groups excluding carboxylic acids is 2. The lowest BCUT2D eigenvalue weighted by Crippen LogP contribution is -2.64. The van der Waals surface area contributed by atoms with Crippen LogP contribution in [0.2, 0.25) is 0 Å². The molecule has 0 aromatic carbocycles. The number of ether oxygens (including phenoxy) is 2. The number of hydrogen-bond donors (Lipinski definition) is 3. The number of aliphatic hydroxyl groups excluding tert-OH is 3. The van der Waals surface area contributed by atoms with E-state index in [9.17, 15) is 24.9 Å². The highest BCUT2D eigenvalue weighted by molar-refractivity contribution is 6.01. The molecule has 3 N–H and O–H groups in total. The Labute approximate surface area is 188 Å². The van der Waals surface area contributed by atoms with Crippen molar-refractivity contribution in [2.75, 3.05) is 6.61 Å². The van der Waals surface area contributed by atoms with Gasteiger partial charge in [-0.25, -0.2) is 0 Å². The maximum atomic E-state index is 13.2. The number of hydrogen-bond acceptors (Lipinski definition) is 7. The summed E-state index contributed by atoms with van der Waals surface area (Å²) in [6, 6.07) is 0. The fraction of sp³-hybridized carbons (Fsp3) is 0.760. The monoisotopic (exact) mass is 446 g/mol. The predicted octanol–water partition coefficient (Wildman–Crippen LogP) is 1.69. The summed E-state index contributed by atoms with van der Waals surface area (Å²) in [5.74, 6) is -0.825. The zero-order chi connectivity index (χ0) is 23.1. The highest BCUT2D eigenvalue weighted by Gasteiger charge is 2.76. The van der Waals surface area contributed by atoms with Crippen molar-refractivity contribution in [3.8, 4) is 0 Å². The second-order valence-corrected chi connectivity index (χ2v) is 10.9. The Balaban J connectivity index is 1.58. The van der Waals surface area contributed by atoms with E-state index in [4.69, 9.17) is 9.47 Å². The van der Waals surface area contributed by atoms with E-state index in [0.717, 1.165) is 6.42 Å². The third-order valence-corrected chi connectivity index (χ3v) is 9.39. The molecule has 0 aromatic rings. The minimum Gasteiger partial charge on any atom is -0.393 e. The summed E-state index contributed by atoms with van der Waals surface area (Å²) in [4.78, 5) is 25.3. The lowest BCUT2D eigenvalue weighted by molar-refractivity contribution is -0.203. The minimum atomic E-state index is -1.29. The average Bonchev–Trinajstić information content (AvgIpc) is 3.21. The Morgan fingerprint density at radius 2 is 2.00 bits per heavy atom. The molecule has 0 unspecified atom stereocenters. The Morgan fingerprint density at radius 3 is 2.69 bits per heavy atom. The van der Waals surface area contributed by atoms with Gasteiger partial charge in [-0.15, -0.1) is 0 Å². The van der Waals surface area contributed by atoms with Crippen LogP contribution in [0.1, 0.15) is 52.9 Å². The zero-order valence-electron chi connectivity index (χ0n) is 19.0. The van der Waals surface area contributed by atoms with Gasteiger partial charge >= 0.3 is 0 Å². The van der Waals surface area contributed by atoms with Crippen LogP contribution >= 0.6 is 0 Å². The molecule has 4 aliphatic carbocycles. The van der Waals surface area contributed by atoms with Gasteiger partial charge in [-0.1, -0.05) is 33.3 Å². The molecular weight excluding hydrogens is 412 g/mol. The molecule has 10 atom stereocenters. The van der Waals surface area contributed by atoms with Crippen LogP contribution in [-0.2, 0) is 19.1 Å². The van der Waals surface area contributed by atoms with E-state index in [1.807, 2.05) is 26.8 Å². The number of fused-ring (bicyclic) bond motifs is 7. The van der Waals surface area contributed by atoms with Gasteiger partial charge in [0.2, 0.25) is 0 Å². The van der Waals surface area contributed by atoms with Gasteiger partial charge in [-0.2, -0.15) is 0 Å². The Bertz CT molecular complexity index is 895. The lowest BCUT2D eigenvalue weighted by atomic mass is 9.45. The highest BCUT2D eigenvalue weighted by atomic mass is 16.7. The number of allylic oxidation sites excluding steroid dienone is 3. The molecule has 0 amide bonds. The van der Waals surface area contributed by atoms with Crippen LogP contribution in [0, 0.1) is 28.6 Å². The quantitative estimate of drug-likeness (QED) is 0.602. The van der Waals surface area contributed by atoms with E-state index in [2.05, 4.69) is 0 Å². The molecule has 7 heteroatoms. The molecule has 5 rings (SSSR count). The number of carbonyl (C=O) groups is 2. The van der Waals surface area contributed by atoms with Gasteiger partial charge in [0, 0.05) is 16.7 Å². The van der Waals surface area contributed by atoms with Gasteiger partial charge in [0.15, 0.2) is 23.5 Å². The lowest BCUT2D eigenvalue weighted by Gasteiger charge is -2.60. The normalized spacial score (nSPS) is 51.5. The van der Waals surface area contributed by atoms with Crippen LogP contribution in [0.25, 0.3) is 0 Å². The van der Waals surface area contributed by atoms with E-state index >= 15 is 0 Å². The fourth-order valence-electron chi connectivity index (χ4n) is 8.18. The van der Waals surface area contributed by atoms with Crippen LogP contribution in [0.3, 0.4) is 0 Å². The molecule has 3 saturated carbocycles. The second kappa shape index (κ2) is 7.31. The second-order valence-electron chi connectivity index (χ2n) is 10.9. The van der Waals surface area contributed by atoms with Gasteiger partial charge in [-0.05, 0) is 55.2 Å². The molecule has 1 saturated heterocycles. The van der Waals surface area contributed by atoms with Crippen LogP contribution in [0.15, 0.2) is 23.8 Å². The van der Waals surface area contributed by atoms with Crippen molar-refractivity contribution >= 4 is 11.6 Å². The van der Waals surface area contributed by atoms with Gasteiger partial charge in [0.25, 0.3) is 0 Å². The Hall–Kier alpha value is -1.38. The third-order valence-electron chi connectivity index (χ3n) is 9.39. The summed E-state index contributed by atoms with van der Waals surface area (Å²) >= 11 is 0. The van der Waals surface area contributed by atoms with E-state index < -0.39 is 47.6 Å². The molecular formula is C25H34O7. The molecule has 1 aliphatic heterocycles. The van der Waals surface area contributed by atoms with Crippen molar-refractivity contribution < 1.29 is 34.4 Å². The summed E-state index contributed by atoms with van der Waals surface area (Å²) in [6.45, 7) is 5.37. The summed E-state index contributed by atoms with van der Waals surface area (Å²) < 4.78 is 12.6. The Kier molecular flexibility index (Phi) is 5.12. The van der Waals surface area contributed by atoms with E-state index in [-0.39, 0.29) is 29.3 Å². The van der Waals surface area contributed by atoms with Crippen molar-refractivity contribution in [3.05, 3.63) is 23.8 Å². The molecule has 176 valence electrons. The van der Waals surface area contributed by atoms with Crippen LogP contribution in [0.4, 0.5) is 0 Å². The first-order chi connectivity index (χ1) is 15.1. The van der Waals surface area contributed by atoms with Gasteiger partial charge in [0.1, 0.15) is 6.61 Å². The van der Waals surface area contributed by atoms with E-state index in [0.29, 0.717) is 31.3 Å². The maximum Gasteiger partial charge on any atom is 0.193 e. The van der Waals surface area contributed by atoms with Gasteiger partial charge in [-0.3, -0.25) is 9.59 Å². The summed E-state index contributed by atoms with van der Waals surface area (Å²) in [6.07, 6.45) is 5.21. The summed E-state index contributed by atoms with van der Waals surface area (Å²) in [5.41, 5.74) is -1.98. The predicted molar refractivity (Wildman–Crippen MR) is 114 cm³/mol. The largest absolute Gasteiger partial charge is 0.393 e. The highest BCUT2D eigenvalue weighted by Crippen LogP contribution is 2.69. The molecule has 4 fully saturated rings. The molecule has 0 spiro atoms. The number of aliphatic hydroxyl groups is 3. The maximum absolute atomic E-state index is 13.2. The minimum absolute atomic E-state index is 0.0296.